The number of nitrogens with zero attached hydrogens (tertiary/aromatic N) is 1. The lowest BCUT2D eigenvalue weighted by Gasteiger charge is -2.26. The zero-order valence-electron chi connectivity index (χ0n) is 17.4. The monoisotopic (exact) mass is 403 g/mol. The highest BCUT2D eigenvalue weighted by molar-refractivity contribution is 6.05. The molecule has 154 valence electrons. The second kappa shape index (κ2) is 8.19. The van der Waals surface area contributed by atoms with Gasteiger partial charge in [-0.2, -0.15) is 0 Å². The minimum Gasteiger partial charge on any atom is -0.493 e. The first kappa shape index (κ1) is 20.0. The van der Waals surface area contributed by atoms with Gasteiger partial charge in [0.05, 0.1) is 30.5 Å². The van der Waals surface area contributed by atoms with Gasteiger partial charge in [0.1, 0.15) is 0 Å². The van der Waals surface area contributed by atoms with E-state index in [4.69, 9.17) is 14.5 Å². The van der Waals surface area contributed by atoms with Crippen LogP contribution in [0.25, 0.3) is 22.6 Å². The third-order valence-corrected chi connectivity index (χ3v) is 5.46. The van der Waals surface area contributed by atoms with Crippen LogP contribution in [0.15, 0.2) is 42.5 Å². The highest BCUT2D eigenvalue weighted by Gasteiger charge is 2.28. The number of fused-ring (bicyclic) bond motifs is 2. The highest BCUT2D eigenvalue weighted by atomic mass is 16.5. The molecule has 0 radical (unpaired) electrons. The van der Waals surface area contributed by atoms with Crippen LogP contribution in [-0.4, -0.2) is 29.8 Å². The molecule has 30 heavy (non-hydrogen) atoms. The summed E-state index contributed by atoms with van der Waals surface area (Å²) < 4.78 is 11.1. The van der Waals surface area contributed by atoms with Gasteiger partial charge >= 0.3 is 5.97 Å². The van der Waals surface area contributed by atoms with Gasteiger partial charge in [0.2, 0.25) is 0 Å². The smallest absolute Gasteiger partial charge is 0.336 e. The lowest BCUT2D eigenvalue weighted by atomic mass is 9.80. The van der Waals surface area contributed by atoms with Crippen LogP contribution in [0, 0.1) is 5.92 Å². The van der Waals surface area contributed by atoms with Crippen LogP contribution in [0.4, 0.5) is 0 Å². The Labute approximate surface area is 176 Å². The number of aromatic carboxylic acids is 1. The third kappa shape index (κ3) is 3.63. The number of hydrogen-bond acceptors (Lipinski definition) is 4. The average Bonchev–Trinajstić information content (AvgIpc) is 2.72. The first-order valence-corrected chi connectivity index (χ1v) is 10.2. The summed E-state index contributed by atoms with van der Waals surface area (Å²) >= 11 is 0. The zero-order valence-corrected chi connectivity index (χ0v) is 17.4. The number of benzene rings is 2. The zero-order chi connectivity index (χ0) is 21.3. The standard InChI is InChI=1S/C25H25NO4/c1-4-30-22-14-16(9-10-21(22)29-3)13-17-11-15(2)12-19-23(25(27)28)18-7-5-6-8-20(18)26-24(17)19/h5-10,13-15H,4,11-12H2,1-3H3,(H,27,28). The summed E-state index contributed by atoms with van der Waals surface area (Å²) in [5.74, 6) is 0.806. The van der Waals surface area contributed by atoms with Gasteiger partial charge in [0.25, 0.3) is 0 Å². The van der Waals surface area contributed by atoms with Gasteiger partial charge < -0.3 is 14.6 Å². The number of rotatable bonds is 5. The molecule has 0 saturated carbocycles. The van der Waals surface area contributed by atoms with Crippen molar-refractivity contribution in [1.82, 2.24) is 4.98 Å². The number of methoxy groups -OCH3 is 1. The number of carboxylic acid groups (broad SMARTS) is 1. The van der Waals surface area contributed by atoms with Crippen molar-refractivity contribution in [2.75, 3.05) is 13.7 Å². The molecule has 1 aromatic heterocycles. The van der Waals surface area contributed by atoms with Crippen molar-refractivity contribution < 1.29 is 19.4 Å². The second-order valence-corrected chi connectivity index (χ2v) is 7.66. The third-order valence-electron chi connectivity index (χ3n) is 5.46. The fourth-order valence-electron chi connectivity index (χ4n) is 4.23. The maximum Gasteiger partial charge on any atom is 0.336 e. The average molecular weight is 403 g/mol. The van der Waals surface area contributed by atoms with Gasteiger partial charge in [-0.1, -0.05) is 31.2 Å². The molecule has 1 atom stereocenters. The molecule has 0 saturated heterocycles. The van der Waals surface area contributed by atoms with E-state index in [2.05, 4.69) is 13.0 Å². The molecule has 5 nitrogen and oxygen atoms in total. The van der Waals surface area contributed by atoms with E-state index in [-0.39, 0.29) is 0 Å². The molecule has 2 aromatic carbocycles. The summed E-state index contributed by atoms with van der Waals surface area (Å²) in [4.78, 5) is 17.0. The molecule has 0 amide bonds. The number of allylic oxidation sites excluding steroid dienone is 1. The summed E-state index contributed by atoms with van der Waals surface area (Å²) in [6.07, 6.45) is 3.64. The van der Waals surface area contributed by atoms with Crippen molar-refractivity contribution >= 4 is 28.5 Å². The van der Waals surface area contributed by atoms with Crippen LogP contribution in [-0.2, 0) is 6.42 Å². The number of carboxylic acids is 1. The molecule has 4 rings (SSSR count). The van der Waals surface area contributed by atoms with Crippen LogP contribution < -0.4 is 9.47 Å². The Balaban J connectivity index is 1.90. The van der Waals surface area contributed by atoms with Gasteiger partial charge in [-0.3, -0.25) is 0 Å². The Morgan fingerprint density at radius 3 is 2.73 bits per heavy atom. The van der Waals surface area contributed by atoms with Crippen molar-refractivity contribution in [2.24, 2.45) is 5.92 Å². The minimum atomic E-state index is -0.902. The number of pyridine rings is 1. The Morgan fingerprint density at radius 1 is 1.20 bits per heavy atom. The van der Waals surface area contributed by atoms with Crippen molar-refractivity contribution in [2.45, 2.75) is 26.7 Å². The van der Waals surface area contributed by atoms with E-state index in [9.17, 15) is 9.90 Å². The van der Waals surface area contributed by atoms with E-state index in [1.807, 2.05) is 49.4 Å². The molecule has 0 spiro atoms. The Hall–Kier alpha value is -3.34. The predicted molar refractivity (Wildman–Crippen MR) is 118 cm³/mol. The van der Waals surface area contributed by atoms with Gasteiger partial charge in [0.15, 0.2) is 11.5 Å². The summed E-state index contributed by atoms with van der Waals surface area (Å²) in [6, 6.07) is 13.3. The lowest BCUT2D eigenvalue weighted by molar-refractivity contribution is 0.0697. The quantitative estimate of drug-likeness (QED) is 0.612. The van der Waals surface area contributed by atoms with Crippen LogP contribution in [0.5, 0.6) is 11.5 Å². The van der Waals surface area contributed by atoms with Crippen LogP contribution in [0.1, 0.15) is 47.4 Å². The molecular weight excluding hydrogens is 378 g/mol. The Morgan fingerprint density at radius 2 is 2.00 bits per heavy atom. The maximum atomic E-state index is 12.2. The lowest BCUT2D eigenvalue weighted by Crippen LogP contribution is -2.17. The molecule has 1 unspecified atom stereocenters. The molecule has 0 bridgehead atoms. The number of hydrogen-bond donors (Lipinski definition) is 1. The van der Waals surface area contributed by atoms with E-state index in [1.54, 1.807) is 7.11 Å². The molecule has 1 N–H and O–H groups in total. The first-order valence-electron chi connectivity index (χ1n) is 10.2. The number of para-hydroxylation sites is 1. The normalized spacial score (nSPS) is 17.0. The SMILES string of the molecule is CCOc1cc(C=C2CC(C)Cc3c2nc2ccccc2c3C(=O)O)ccc1OC. The van der Waals surface area contributed by atoms with Crippen LogP contribution in [0.3, 0.4) is 0 Å². The predicted octanol–water partition coefficient (Wildman–Crippen LogP) is 5.46. The molecule has 1 aliphatic rings. The second-order valence-electron chi connectivity index (χ2n) is 7.66. The molecule has 1 heterocycles. The van der Waals surface area contributed by atoms with E-state index >= 15 is 0 Å². The van der Waals surface area contributed by atoms with Crippen LogP contribution >= 0.6 is 0 Å². The number of carbonyl (C=O) groups is 1. The van der Waals surface area contributed by atoms with Crippen molar-refractivity contribution in [3.63, 3.8) is 0 Å². The molecule has 1 aliphatic carbocycles. The van der Waals surface area contributed by atoms with E-state index < -0.39 is 5.97 Å². The fraction of sp³-hybridized carbons (Fsp3) is 0.280. The van der Waals surface area contributed by atoms with Crippen molar-refractivity contribution in [3.05, 3.63) is 64.8 Å². The molecule has 0 fully saturated rings. The molecule has 0 aliphatic heterocycles. The molecule has 3 aromatic rings. The van der Waals surface area contributed by atoms with Crippen molar-refractivity contribution in [3.8, 4) is 11.5 Å². The van der Waals surface area contributed by atoms with Crippen LogP contribution in [0.2, 0.25) is 0 Å². The van der Waals surface area contributed by atoms with Gasteiger partial charge in [0, 0.05) is 5.39 Å². The number of ether oxygens (including phenoxy) is 2. The summed E-state index contributed by atoms with van der Waals surface area (Å²) in [5, 5.41) is 10.7. The molecule has 5 heteroatoms. The maximum absolute atomic E-state index is 12.2. The minimum absolute atomic E-state index is 0.328. The van der Waals surface area contributed by atoms with E-state index in [1.165, 1.54) is 0 Å². The summed E-state index contributed by atoms with van der Waals surface area (Å²) in [6.45, 7) is 4.63. The van der Waals surface area contributed by atoms with Crippen molar-refractivity contribution in [1.29, 1.82) is 0 Å². The Kier molecular flexibility index (Phi) is 5.44. The van der Waals surface area contributed by atoms with Gasteiger partial charge in [-0.25, -0.2) is 9.78 Å². The highest BCUT2D eigenvalue weighted by Crippen LogP contribution is 2.39. The van der Waals surface area contributed by atoms with E-state index in [0.29, 0.717) is 46.9 Å². The fourth-order valence-corrected chi connectivity index (χ4v) is 4.23. The Bertz CT molecular complexity index is 1150. The largest absolute Gasteiger partial charge is 0.493 e. The number of aromatic nitrogens is 1. The summed E-state index contributed by atoms with van der Waals surface area (Å²) in [5.41, 5.74) is 4.71. The molecular formula is C25H25NO4. The summed E-state index contributed by atoms with van der Waals surface area (Å²) in [7, 11) is 1.62. The van der Waals surface area contributed by atoms with Gasteiger partial charge in [-0.05, 0) is 66.7 Å². The van der Waals surface area contributed by atoms with Gasteiger partial charge in [-0.15, -0.1) is 0 Å². The van der Waals surface area contributed by atoms with E-state index in [0.717, 1.165) is 28.8 Å². The first-order chi connectivity index (χ1) is 14.5. The topological polar surface area (TPSA) is 68.7 Å².